The minimum absolute atomic E-state index is 0.0808. The van der Waals surface area contributed by atoms with Crippen molar-refractivity contribution in [3.05, 3.63) is 90.4 Å². The lowest BCUT2D eigenvalue weighted by Crippen LogP contribution is -2.15. The number of halogens is 3. The first-order chi connectivity index (χ1) is 16.1. The van der Waals surface area contributed by atoms with Gasteiger partial charge in [0.1, 0.15) is 5.76 Å². The highest BCUT2D eigenvalue weighted by Crippen LogP contribution is 2.32. The van der Waals surface area contributed by atoms with Crippen molar-refractivity contribution in [3.8, 4) is 11.3 Å². The Morgan fingerprint density at radius 2 is 1.62 bits per heavy atom. The maximum absolute atomic E-state index is 12.9. The number of anilines is 2. The smallest absolute Gasteiger partial charge is 0.416 e. The maximum Gasteiger partial charge on any atom is 0.416 e. The number of sulfonamides is 1. The summed E-state index contributed by atoms with van der Waals surface area (Å²) in [7, 11) is -3.94. The molecule has 4 aromatic rings. The second-order valence-corrected chi connectivity index (χ2v) is 8.58. The van der Waals surface area contributed by atoms with E-state index in [-0.39, 0.29) is 33.6 Å². The van der Waals surface area contributed by atoms with Crippen LogP contribution in [0.15, 0.2) is 88.4 Å². The van der Waals surface area contributed by atoms with E-state index in [1.165, 1.54) is 67.0 Å². The standard InChI is InChI=1S/C22H15F3N4O4S/c23-22(24,25)15-4-1-3-14(13-15)18-9-10-19(33-18)20(30)28-16-5-7-17(8-6-16)34(31,32)29-21-26-11-2-12-27-21/h1-13H,(H,28,30)(H,26,27,29). The minimum Gasteiger partial charge on any atom is -0.451 e. The lowest BCUT2D eigenvalue weighted by Gasteiger charge is -2.08. The number of nitrogens with zero attached hydrogens (tertiary/aromatic N) is 2. The molecule has 0 bridgehead atoms. The van der Waals surface area contributed by atoms with Crippen molar-refractivity contribution in [1.82, 2.24) is 9.97 Å². The first-order valence-electron chi connectivity index (χ1n) is 9.60. The lowest BCUT2D eigenvalue weighted by molar-refractivity contribution is -0.137. The molecule has 34 heavy (non-hydrogen) atoms. The molecule has 0 aliphatic carbocycles. The van der Waals surface area contributed by atoms with Gasteiger partial charge in [-0.25, -0.2) is 23.1 Å². The maximum atomic E-state index is 12.9. The highest BCUT2D eigenvalue weighted by molar-refractivity contribution is 7.92. The molecule has 0 aliphatic heterocycles. The molecule has 0 saturated carbocycles. The quantitative estimate of drug-likeness (QED) is 0.403. The third kappa shape index (κ3) is 5.23. The predicted octanol–water partition coefficient (Wildman–Crippen LogP) is 4.81. The molecule has 1 amide bonds. The average Bonchev–Trinajstić information content (AvgIpc) is 3.30. The van der Waals surface area contributed by atoms with Crippen LogP contribution in [0, 0.1) is 0 Å². The van der Waals surface area contributed by atoms with Crippen LogP contribution in [-0.4, -0.2) is 24.3 Å². The van der Waals surface area contributed by atoms with E-state index in [4.69, 9.17) is 4.42 Å². The number of benzene rings is 2. The summed E-state index contributed by atoms with van der Waals surface area (Å²) in [5, 5.41) is 2.53. The van der Waals surface area contributed by atoms with Crippen LogP contribution in [0.25, 0.3) is 11.3 Å². The zero-order valence-electron chi connectivity index (χ0n) is 17.1. The van der Waals surface area contributed by atoms with Gasteiger partial charge < -0.3 is 9.73 Å². The fraction of sp³-hybridized carbons (Fsp3) is 0.0455. The van der Waals surface area contributed by atoms with Gasteiger partial charge in [-0.3, -0.25) is 4.79 Å². The number of rotatable bonds is 6. The van der Waals surface area contributed by atoms with E-state index in [0.717, 1.165) is 12.1 Å². The monoisotopic (exact) mass is 488 g/mol. The van der Waals surface area contributed by atoms with Gasteiger partial charge in [0.2, 0.25) is 5.95 Å². The van der Waals surface area contributed by atoms with Gasteiger partial charge in [-0.2, -0.15) is 13.2 Å². The SMILES string of the molecule is O=C(Nc1ccc(S(=O)(=O)Nc2ncccn2)cc1)c1ccc(-c2cccc(C(F)(F)F)c2)o1. The zero-order valence-corrected chi connectivity index (χ0v) is 17.9. The third-order valence-electron chi connectivity index (χ3n) is 4.52. The molecule has 2 heterocycles. The van der Waals surface area contributed by atoms with Crippen LogP contribution in [-0.2, 0) is 16.2 Å². The highest BCUT2D eigenvalue weighted by Gasteiger charge is 2.30. The molecule has 2 aromatic heterocycles. The Balaban J connectivity index is 1.45. The van der Waals surface area contributed by atoms with Crippen molar-refractivity contribution in [2.75, 3.05) is 10.0 Å². The van der Waals surface area contributed by atoms with Gasteiger partial charge in [0, 0.05) is 23.6 Å². The number of alkyl halides is 3. The van der Waals surface area contributed by atoms with Crippen LogP contribution in [0.1, 0.15) is 16.1 Å². The Bertz CT molecular complexity index is 1420. The van der Waals surface area contributed by atoms with Crippen molar-refractivity contribution >= 4 is 27.6 Å². The number of furan rings is 1. The first-order valence-corrected chi connectivity index (χ1v) is 11.1. The lowest BCUT2D eigenvalue weighted by atomic mass is 10.1. The minimum atomic E-state index is -4.51. The van der Waals surface area contributed by atoms with Gasteiger partial charge in [0.05, 0.1) is 10.5 Å². The van der Waals surface area contributed by atoms with Crippen LogP contribution in [0.5, 0.6) is 0 Å². The summed E-state index contributed by atoms with van der Waals surface area (Å²) in [5.41, 5.74) is -0.397. The summed E-state index contributed by atoms with van der Waals surface area (Å²) in [6, 6.07) is 14.1. The Morgan fingerprint density at radius 3 is 2.29 bits per heavy atom. The van der Waals surface area contributed by atoms with Gasteiger partial charge in [-0.1, -0.05) is 12.1 Å². The summed E-state index contributed by atoms with van der Waals surface area (Å²) in [5.74, 6) is -0.794. The van der Waals surface area contributed by atoms with E-state index >= 15 is 0 Å². The number of carbonyl (C=O) groups is 1. The van der Waals surface area contributed by atoms with Gasteiger partial charge in [0.15, 0.2) is 5.76 Å². The summed E-state index contributed by atoms with van der Waals surface area (Å²) < 4.78 is 71.3. The molecule has 4 rings (SSSR count). The molecule has 0 unspecified atom stereocenters. The summed E-state index contributed by atoms with van der Waals surface area (Å²) in [4.78, 5) is 20.0. The molecule has 0 aliphatic rings. The first kappa shape index (κ1) is 23.0. The Morgan fingerprint density at radius 1 is 0.912 bits per heavy atom. The average molecular weight is 488 g/mol. The van der Waals surface area contributed by atoms with E-state index in [9.17, 15) is 26.4 Å². The normalized spacial score (nSPS) is 11.7. The second-order valence-electron chi connectivity index (χ2n) is 6.90. The molecule has 0 fully saturated rings. The Kier molecular flexibility index (Phi) is 6.07. The number of amides is 1. The van der Waals surface area contributed by atoms with Gasteiger partial charge >= 0.3 is 6.18 Å². The fourth-order valence-corrected chi connectivity index (χ4v) is 3.86. The molecule has 0 radical (unpaired) electrons. The summed E-state index contributed by atoms with van der Waals surface area (Å²) in [6.45, 7) is 0. The van der Waals surface area contributed by atoms with Crippen molar-refractivity contribution < 1.29 is 30.8 Å². The molecule has 0 spiro atoms. The molecule has 2 aromatic carbocycles. The Labute approximate surface area is 191 Å². The van der Waals surface area contributed by atoms with Crippen LogP contribution in [0.3, 0.4) is 0 Å². The van der Waals surface area contributed by atoms with E-state index in [1.54, 1.807) is 0 Å². The van der Waals surface area contributed by atoms with Crippen LogP contribution in [0.2, 0.25) is 0 Å². The van der Waals surface area contributed by atoms with Crippen LogP contribution < -0.4 is 10.0 Å². The molecule has 8 nitrogen and oxygen atoms in total. The zero-order chi connectivity index (χ0) is 24.3. The van der Waals surface area contributed by atoms with E-state index < -0.39 is 27.7 Å². The third-order valence-corrected chi connectivity index (χ3v) is 5.86. The molecule has 174 valence electrons. The Hall–Kier alpha value is -4.19. The van der Waals surface area contributed by atoms with Crippen LogP contribution in [0.4, 0.5) is 24.8 Å². The number of hydrogen-bond acceptors (Lipinski definition) is 6. The number of hydrogen-bond donors (Lipinski definition) is 2. The van der Waals surface area contributed by atoms with E-state index in [2.05, 4.69) is 20.0 Å². The van der Waals surface area contributed by atoms with E-state index in [0.29, 0.717) is 0 Å². The summed E-state index contributed by atoms with van der Waals surface area (Å²) in [6.07, 6.45) is -1.74. The number of carbonyl (C=O) groups excluding carboxylic acids is 1. The molecule has 2 N–H and O–H groups in total. The second kappa shape index (κ2) is 8.98. The number of aromatic nitrogens is 2. The molecule has 12 heteroatoms. The van der Waals surface area contributed by atoms with Gasteiger partial charge in [-0.05, 0) is 54.6 Å². The molecular weight excluding hydrogens is 473 g/mol. The molecule has 0 atom stereocenters. The van der Waals surface area contributed by atoms with E-state index in [1.807, 2.05) is 0 Å². The van der Waals surface area contributed by atoms with Gasteiger partial charge in [0.25, 0.3) is 15.9 Å². The van der Waals surface area contributed by atoms with Crippen molar-refractivity contribution in [3.63, 3.8) is 0 Å². The summed E-state index contributed by atoms with van der Waals surface area (Å²) >= 11 is 0. The molecular formula is C22H15F3N4O4S. The molecule has 0 saturated heterocycles. The van der Waals surface area contributed by atoms with Crippen molar-refractivity contribution in [2.24, 2.45) is 0 Å². The topological polar surface area (TPSA) is 114 Å². The number of nitrogens with one attached hydrogen (secondary N) is 2. The fourth-order valence-electron chi connectivity index (χ4n) is 2.90. The van der Waals surface area contributed by atoms with Crippen LogP contribution >= 0.6 is 0 Å². The highest BCUT2D eigenvalue weighted by atomic mass is 32.2. The largest absolute Gasteiger partial charge is 0.451 e. The van der Waals surface area contributed by atoms with Crippen molar-refractivity contribution in [1.29, 1.82) is 0 Å². The predicted molar refractivity (Wildman–Crippen MR) is 116 cm³/mol. The van der Waals surface area contributed by atoms with Gasteiger partial charge in [-0.15, -0.1) is 0 Å². The van der Waals surface area contributed by atoms with Crippen molar-refractivity contribution in [2.45, 2.75) is 11.1 Å².